The van der Waals surface area contributed by atoms with E-state index in [0.29, 0.717) is 0 Å². The molecule has 1 aromatic heterocycles. The fourth-order valence-corrected chi connectivity index (χ4v) is 4.84. The zero-order chi connectivity index (χ0) is 23.4. The first kappa shape index (κ1) is 21.1. The Morgan fingerprint density at radius 1 is 0.812 bits per heavy atom. The van der Waals surface area contributed by atoms with Gasteiger partial charge in [0.25, 0.3) is 0 Å². The Hall–Kier alpha value is -4.18. The quantitative estimate of drug-likeness (QED) is 0.291. The second kappa shape index (κ2) is 7.20. The first-order chi connectivity index (χ1) is 15.0. The molecule has 164 valence electrons. The van der Waals surface area contributed by atoms with Gasteiger partial charge in [-0.15, -0.1) is 0 Å². The zero-order valence-electron chi connectivity index (χ0n) is 16.4. The lowest BCUT2D eigenvalue weighted by Gasteiger charge is -2.14. The van der Waals surface area contributed by atoms with Crippen molar-refractivity contribution in [2.24, 2.45) is 0 Å². The van der Waals surface area contributed by atoms with Gasteiger partial charge in [0.2, 0.25) is 21.0 Å². The first-order valence-corrected chi connectivity index (χ1v) is 10.6. The monoisotopic (exact) mass is 456 g/mol. The van der Waals surface area contributed by atoms with E-state index < -0.39 is 65.6 Å². The predicted molar refractivity (Wildman–Crippen MR) is 113 cm³/mol. The minimum atomic E-state index is -4.47. The lowest BCUT2D eigenvalue weighted by atomic mass is 10.1. The summed E-state index contributed by atoms with van der Waals surface area (Å²) in [5.41, 5.74) is -1.07. The molecule has 32 heavy (non-hydrogen) atoms. The van der Waals surface area contributed by atoms with Crippen molar-refractivity contribution >= 4 is 20.8 Å². The fraction of sp³-hybridized carbons (Fsp3) is 0.0455. The van der Waals surface area contributed by atoms with Gasteiger partial charge in [0.15, 0.2) is 17.3 Å². The van der Waals surface area contributed by atoms with Crippen LogP contribution in [0.5, 0.6) is 28.7 Å². The van der Waals surface area contributed by atoms with Crippen molar-refractivity contribution in [2.45, 2.75) is 16.7 Å². The molecule has 0 aliphatic heterocycles. The third-order valence-corrected chi connectivity index (χ3v) is 6.73. The van der Waals surface area contributed by atoms with E-state index in [1.54, 1.807) is 6.92 Å². The largest absolute Gasteiger partial charge is 0.508 e. The zero-order valence-corrected chi connectivity index (χ0v) is 17.2. The van der Waals surface area contributed by atoms with Gasteiger partial charge in [0.1, 0.15) is 27.4 Å². The van der Waals surface area contributed by atoms with Crippen molar-refractivity contribution in [1.29, 1.82) is 0 Å². The standard InChI is InChI=1S/C22H16O9S/c1-10-2-4-12(5-3-10)32(29,30)22-13(6-7-14(24)18(22)26)21-20(28)19(27)17-15(25)8-11(23)9-16(17)31-21/h2-9,23-26,28H,1H3. The normalized spacial score (nSPS) is 11.7. The number of aryl methyl sites for hydroxylation is 1. The van der Waals surface area contributed by atoms with Crippen LogP contribution in [0.2, 0.25) is 0 Å². The maximum absolute atomic E-state index is 13.3. The minimum Gasteiger partial charge on any atom is -0.508 e. The van der Waals surface area contributed by atoms with Crippen LogP contribution in [0.3, 0.4) is 0 Å². The van der Waals surface area contributed by atoms with E-state index in [1.807, 2.05) is 0 Å². The summed E-state index contributed by atoms with van der Waals surface area (Å²) in [5, 5.41) is 50.1. The average Bonchev–Trinajstić information content (AvgIpc) is 2.72. The van der Waals surface area contributed by atoms with E-state index in [4.69, 9.17) is 4.42 Å². The second-order valence-electron chi connectivity index (χ2n) is 7.07. The molecule has 0 fully saturated rings. The van der Waals surface area contributed by atoms with Crippen LogP contribution < -0.4 is 5.43 Å². The number of rotatable bonds is 3. The summed E-state index contributed by atoms with van der Waals surface area (Å²) in [6.45, 7) is 1.75. The number of phenols is 4. The predicted octanol–water partition coefficient (Wildman–Crippen LogP) is 3.13. The van der Waals surface area contributed by atoms with Crippen LogP contribution in [0.15, 0.2) is 67.5 Å². The molecular formula is C22H16O9S. The van der Waals surface area contributed by atoms with Gasteiger partial charge in [-0.3, -0.25) is 4.79 Å². The highest BCUT2D eigenvalue weighted by atomic mass is 32.2. The summed E-state index contributed by atoms with van der Waals surface area (Å²) < 4.78 is 32.1. The second-order valence-corrected chi connectivity index (χ2v) is 8.96. The van der Waals surface area contributed by atoms with E-state index in [0.717, 1.165) is 29.8 Å². The van der Waals surface area contributed by atoms with Gasteiger partial charge >= 0.3 is 0 Å². The molecule has 0 unspecified atom stereocenters. The molecule has 0 aliphatic carbocycles. The highest BCUT2D eigenvalue weighted by Gasteiger charge is 2.31. The Kier molecular flexibility index (Phi) is 4.74. The lowest BCUT2D eigenvalue weighted by Crippen LogP contribution is -2.07. The summed E-state index contributed by atoms with van der Waals surface area (Å²) in [6, 6.07) is 9.53. The van der Waals surface area contributed by atoms with Gasteiger partial charge in [-0.2, -0.15) is 0 Å². The smallest absolute Gasteiger partial charge is 0.238 e. The van der Waals surface area contributed by atoms with Gasteiger partial charge in [0.05, 0.1) is 4.90 Å². The topological polar surface area (TPSA) is 166 Å². The van der Waals surface area contributed by atoms with Gasteiger partial charge in [-0.05, 0) is 31.2 Å². The molecule has 0 spiro atoms. The molecule has 3 aromatic carbocycles. The van der Waals surface area contributed by atoms with Crippen LogP contribution in [-0.4, -0.2) is 34.0 Å². The first-order valence-electron chi connectivity index (χ1n) is 9.11. The van der Waals surface area contributed by atoms with Crippen molar-refractivity contribution in [3.63, 3.8) is 0 Å². The molecule has 10 heteroatoms. The number of fused-ring (bicyclic) bond motifs is 1. The summed E-state index contributed by atoms with van der Waals surface area (Å²) >= 11 is 0. The van der Waals surface area contributed by atoms with Gasteiger partial charge in [0, 0.05) is 17.7 Å². The molecule has 0 saturated carbocycles. The van der Waals surface area contributed by atoms with Crippen molar-refractivity contribution < 1.29 is 38.4 Å². The van der Waals surface area contributed by atoms with Crippen molar-refractivity contribution in [2.75, 3.05) is 0 Å². The highest BCUT2D eigenvalue weighted by molar-refractivity contribution is 7.91. The number of phenolic OH excluding ortho intramolecular Hbond substituents is 4. The Morgan fingerprint density at radius 2 is 1.47 bits per heavy atom. The number of sulfone groups is 1. The maximum atomic E-state index is 13.3. The molecular weight excluding hydrogens is 440 g/mol. The Balaban J connectivity index is 2.10. The molecule has 5 N–H and O–H groups in total. The van der Waals surface area contributed by atoms with Gasteiger partial charge in [-0.25, -0.2) is 8.42 Å². The molecule has 0 aliphatic rings. The molecule has 0 atom stereocenters. The third-order valence-electron chi connectivity index (χ3n) is 4.89. The summed E-state index contributed by atoms with van der Waals surface area (Å²) in [4.78, 5) is 11.6. The molecule has 0 radical (unpaired) electrons. The number of aromatic hydroxyl groups is 5. The van der Waals surface area contributed by atoms with Crippen molar-refractivity contribution in [3.05, 3.63) is 64.3 Å². The molecule has 0 bridgehead atoms. The lowest BCUT2D eigenvalue weighted by molar-refractivity contribution is 0.392. The summed E-state index contributed by atoms with van der Waals surface area (Å²) in [6.07, 6.45) is 0. The SMILES string of the molecule is Cc1ccc(S(=O)(=O)c2c(-c3oc4cc(O)cc(O)c4c(=O)c3O)ccc(O)c2O)cc1. The van der Waals surface area contributed by atoms with E-state index in [2.05, 4.69) is 0 Å². The van der Waals surface area contributed by atoms with Crippen LogP contribution in [-0.2, 0) is 9.84 Å². The van der Waals surface area contributed by atoms with E-state index in [9.17, 15) is 38.7 Å². The Morgan fingerprint density at radius 3 is 2.12 bits per heavy atom. The van der Waals surface area contributed by atoms with Crippen LogP contribution in [0.4, 0.5) is 0 Å². The minimum absolute atomic E-state index is 0.219. The Bertz CT molecular complexity index is 1550. The molecule has 1 heterocycles. The van der Waals surface area contributed by atoms with E-state index >= 15 is 0 Å². The van der Waals surface area contributed by atoms with Crippen LogP contribution in [0.1, 0.15) is 5.56 Å². The number of hydrogen-bond donors (Lipinski definition) is 5. The summed E-state index contributed by atoms with van der Waals surface area (Å²) in [5.74, 6) is -4.55. The maximum Gasteiger partial charge on any atom is 0.238 e. The molecule has 4 rings (SSSR count). The Labute approximate surface area is 180 Å². The van der Waals surface area contributed by atoms with Crippen LogP contribution in [0.25, 0.3) is 22.3 Å². The number of benzene rings is 3. The third kappa shape index (κ3) is 3.17. The van der Waals surface area contributed by atoms with Crippen molar-refractivity contribution in [1.82, 2.24) is 0 Å². The van der Waals surface area contributed by atoms with E-state index in [-0.39, 0.29) is 10.5 Å². The van der Waals surface area contributed by atoms with Crippen LogP contribution >= 0.6 is 0 Å². The molecule has 0 amide bonds. The molecule has 9 nitrogen and oxygen atoms in total. The fourth-order valence-electron chi connectivity index (χ4n) is 3.30. The highest BCUT2D eigenvalue weighted by Crippen LogP contribution is 2.45. The van der Waals surface area contributed by atoms with Gasteiger partial charge in [-0.1, -0.05) is 17.7 Å². The van der Waals surface area contributed by atoms with Crippen molar-refractivity contribution in [3.8, 4) is 40.1 Å². The average molecular weight is 456 g/mol. The summed E-state index contributed by atoms with van der Waals surface area (Å²) in [7, 11) is -4.47. The number of hydrogen-bond acceptors (Lipinski definition) is 9. The van der Waals surface area contributed by atoms with Crippen LogP contribution in [0, 0.1) is 6.92 Å². The van der Waals surface area contributed by atoms with E-state index in [1.165, 1.54) is 24.3 Å². The van der Waals surface area contributed by atoms with Gasteiger partial charge < -0.3 is 29.9 Å². The molecule has 0 saturated heterocycles. The molecule has 4 aromatic rings.